The Balaban J connectivity index is 0.000000114. The molecule has 2 bridgehead atoms. The molecular formula is C16H15NO. The van der Waals surface area contributed by atoms with Crippen LogP contribution in [-0.2, 0) is 13.7 Å². The van der Waals surface area contributed by atoms with E-state index in [-0.39, 0.29) is 0 Å². The number of nitrogens with zero attached hydrogens (tertiary/aromatic N) is 1. The highest BCUT2D eigenvalue weighted by atomic mass is 16.5. The van der Waals surface area contributed by atoms with Crippen molar-refractivity contribution in [2.24, 2.45) is 7.05 Å². The summed E-state index contributed by atoms with van der Waals surface area (Å²) >= 11 is 0. The van der Waals surface area contributed by atoms with Crippen LogP contribution in [0.1, 0.15) is 5.56 Å². The van der Waals surface area contributed by atoms with Crippen LogP contribution in [0.4, 0.5) is 0 Å². The minimum Gasteiger partial charge on any atom is -0.489 e. The molecule has 4 rings (SSSR count). The number of fused-ring (bicyclic) bond motifs is 3. The largest absolute Gasteiger partial charge is 0.489 e. The van der Waals surface area contributed by atoms with Gasteiger partial charge in [-0.15, -0.1) is 0 Å². The topological polar surface area (TPSA) is 14.2 Å². The number of para-hydroxylation sites is 1. The number of hydrogen-bond donors (Lipinski definition) is 0. The molecule has 0 atom stereocenters. The average Bonchev–Trinajstić information content (AvgIpc) is 2.95. The molecule has 1 aliphatic heterocycles. The summed E-state index contributed by atoms with van der Waals surface area (Å²) in [5.41, 5.74) is 2.57. The molecule has 0 amide bonds. The lowest BCUT2D eigenvalue weighted by Crippen LogP contribution is -1.81. The van der Waals surface area contributed by atoms with Crippen molar-refractivity contribution in [2.75, 3.05) is 0 Å². The molecule has 1 aromatic heterocycles. The molecule has 3 aromatic rings. The molecule has 2 nitrogen and oxygen atoms in total. The third-order valence-electron chi connectivity index (χ3n) is 3.10. The third kappa shape index (κ3) is 2.09. The number of aromatic nitrogens is 1. The third-order valence-corrected chi connectivity index (χ3v) is 3.10. The van der Waals surface area contributed by atoms with Crippen LogP contribution in [0, 0.1) is 0 Å². The summed E-state index contributed by atoms with van der Waals surface area (Å²) in [5.74, 6) is 1.00. The highest BCUT2D eigenvalue weighted by Gasteiger charge is 2.03. The van der Waals surface area contributed by atoms with Gasteiger partial charge in [0.15, 0.2) is 0 Å². The quantitative estimate of drug-likeness (QED) is 0.580. The fourth-order valence-corrected chi connectivity index (χ4v) is 2.11. The molecular weight excluding hydrogens is 222 g/mol. The Morgan fingerprint density at radius 2 is 1.89 bits per heavy atom. The second-order valence-electron chi connectivity index (χ2n) is 4.42. The zero-order chi connectivity index (χ0) is 12.4. The molecule has 18 heavy (non-hydrogen) atoms. The number of hydrogen-bond acceptors (Lipinski definition) is 1. The Bertz CT molecular complexity index is 650. The minimum atomic E-state index is 0.766. The molecule has 0 N–H and O–H groups in total. The maximum Gasteiger partial charge on any atom is 0.120 e. The minimum absolute atomic E-state index is 0.766. The molecule has 2 heterocycles. The maximum absolute atomic E-state index is 5.18. The normalized spacial score (nSPS) is 11.8. The van der Waals surface area contributed by atoms with Crippen molar-refractivity contribution < 1.29 is 4.74 Å². The van der Waals surface area contributed by atoms with Crippen molar-refractivity contribution in [3.8, 4) is 5.75 Å². The molecule has 0 spiro atoms. The van der Waals surface area contributed by atoms with Crippen LogP contribution in [0.3, 0.4) is 0 Å². The van der Waals surface area contributed by atoms with Crippen LogP contribution in [-0.4, -0.2) is 4.57 Å². The van der Waals surface area contributed by atoms with Gasteiger partial charge in [-0.1, -0.05) is 30.3 Å². The number of ether oxygens (including phenoxy) is 1. The van der Waals surface area contributed by atoms with Crippen LogP contribution in [0.2, 0.25) is 0 Å². The molecule has 0 unspecified atom stereocenters. The van der Waals surface area contributed by atoms with Crippen molar-refractivity contribution in [3.63, 3.8) is 0 Å². The second kappa shape index (κ2) is 4.57. The van der Waals surface area contributed by atoms with Gasteiger partial charge in [-0.3, -0.25) is 0 Å². The van der Waals surface area contributed by atoms with E-state index >= 15 is 0 Å². The van der Waals surface area contributed by atoms with Crippen molar-refractivity contribution in [3.05, 3.63) is 66.4 Å². The summed E-state index contributed by atoms with van der Waals surface area (Å²) in [6.07, 6.45) is 2.07. The molecule has 0 fully saturated rings. The van der Waals surface area contributed by atoms with Gasteiger partial charge in [-0.25, -0.2) is 0 Å². The Kier molecular flexibility index (Phi) is 2.77. The lowest BCUT2D eigenvalue weighted by Gasteiger charge is -1.92. The Morgan fingerprint density at radius 3 is 2.67 bits per heavy atom. The average molecular weight is 237 g/mol. The lowest BCUT2D eigenvalue weighted by atomic mass is 10.2. The van der Waals surface area contributed by atoms with E-state index in [2.05, 4.69) is 60.3 Å². The van der Waals surface area contributed by atoms with Crippen molar-refractivity contribution in [1.82, 2.24) is 4.57 Å². The lowest BCUT2D eigenvalue weighted by molar-refractivity contribution is 0.328. The molecule has 0 saturated heterocycles. The van der Waals surface area contributed by atoms with E-state index in [0.29, 0.717) is 0 Å². The molecule has 2 heteroatoms. The predicted molar refractivity (Wildman–Crippen MR) is 73.7 cm³/mol. The van der Waals surface area contributed by atoms with Gasteiger partial charge >= 0.3 is 0 Å². The van der Waals surface area contributed by atoms with E-state index in [1.54, 1.807) is 0 Å². The van der Waals surface area contributed by atoms with Crippen molar-refractivity contribution in [2.45, 2.75) is 6.61 Å². The van der Waals surface area contributed by atoms with E-state index in [9.17, 15) is 0 Å². The number of benzene rings is 2. The molecule has 90 valence electrons. The van der Waals surface area contributed by atoms with E-state index in [4.69, 9.17) is 4.74 Å². The summed E-state index contributed by atoms with van der Waals surface area (Å²) in [6, 6.07) is 18.6. The van der Waals surface area contributed by atoms with Gasteiger partial charge in [-0.2, -0.15) is 0 Å². The first-order valence-electron chi connectivity index (χ1n) is 6.05. The van der Waals surface area contributed by atoms with E-state index in [1.165, 1.54) is 16.5 Å². The van der Waals surface area contributed by atoms with Gasteiger partial charge in [0.05, 0.1) is 0 Å². The monoisotopic (exact) mass is 237 g/mol. The van der Waals surface area contributed by atoms with E-state index < -0.39 is 0 Å². The predicted octanol–water partition coefficient (Wildman–Crippen LogP) is 3.76. The first-order valence-corrected chi connectivity index (χ1v) is 6.05. The highest BCUT2D eigenvalue weighted by Crippen LogP contribution is 2.20. The maximum atomic E-state index is 5.18. The molecule has 2 aromatic carbocycles. The molecule has 0 radical (unpaired) electrons. The van der Waals surface area contributed by atoms with Crippen LogP contribution in [0.25, 0.3) is 10.9 Å². The Morgan fingerprint density at radius 1 is 1.00 bits per heavy atom. The zero-order valence-electron chi connectivity index (χ0n) is 10.3. The van der Waals surface area contributed by atoms with Gasteiger partial charge < -0.3 is 9.30 Å². The summed E-state index contributed by atoms with van der Waals surface area (Å²) in [6.45, 7) is 0.766. The van der Waals surface area contributed by atoms with E-state index in [0.717, 1.165) is 12.4 Å². The van der Waals surface area contributed by atoms with Crippen LogP contribution < -0.4 is 4.74 Å². The van der Waals surface area contributed by atoms with Crippen LogP contribution in [0.5, 0.6) is 5.75 Å². The fourth-order valence-electron chi connectivity index (χ4n) is 2.11. The Labute approximate surface area is 106 Å². The summed E-state index contributed by atoms with van der Waals surface area (Å²) in [7, 11) is 2.06. The summed E-state index contributed by atoms with van der Waals surface area (Å²) in [5, 5.41) is 1.31. The highest BCUT2D eigenvalue weighted by molar-refractivity contribution is 5.79. The Hall–Kier alpha value is -2.22. The smallest absolute Gasteiger partial charge is 0.120 e. The van der Waals surface area contributed by atoms with Gasteiger partial charge in [0.25, 0.3) is 0 Å². The summed E-state index contributed by atoms with van der Waals surface area (Å²) < 4.78 is 7.30. The first kappa shape index (κ1) is 10.9. The van der Waals surface area contributed by atoms with Crippen molar-refractivity contribution in [1.29, 1.82) is 0 Å². The van der Waals surface area contributed by atoms with Gasteiger partial charge in [0, 0.05) is 18.8 Å². The SMILES string of the molecule is Cn1ccc2ccccc21.c1cc2cc(c1)OC2. The second-order valence-corrected chi connectivity index (χ2v) is 4.42. The summed E-state index contributed by atoms with van der Waals surface area (Å²) in [4.78, 5) is 0. The number of rotatable bonds is 0. The van der Waals surface area contributed by atoms with Gasteiger partial charge in [-0.05, 0) is 35.2 Å². The molecule has 0 aliphatic carbocycles. The standard InChI is InChI=1S/C9H9N.C7H6O/c1-10-7-6-8-4-2-3-5-9(8)10;1-2-6-4-7(3-1)8-5-6/h2-7H,1H3;1-4H,5H2. The molecule has 0 saturated carbocycles. The van der Waals surface area contributed by atoms with Crippen molar-refractivity contribution >= 4 is 10.9 Å². The van der Waals surface area contributed by atoms with Gasteiger partial charge in [0.1, 0.15) is 12.4 Å². The molecule has 1 aliphatic rings. The van der Waals surface area contributed by atoms with E-state index in [1.807, 2.05) is 12.1 Å². The zero-order valence-corrected chi connectivity index (χ0v) is 10.3. The van der Waals surface area contributed by atoms with Crippen LogP contribution >= 0.6 is 0 Å². The number of aryl methyl sites for hydroxylation is 1. The first-order chi connectivity index (χ1) is 8.83. The van der Waals surface area contributed by atoms with Gasteiger partial charge in [0.2, 0.25) is 0 Å². The fraction of sp³-hybridized carbons (Fsp3) is 0.125. The van der Waals surface area contributed by atoms with Crippen LogP contribution in [0.15, 0.2) is 60.8 Å².